The number of hydrogen-bond acceptors (Lipinski definition) is 2. The molecule has 0 aliphatic carbocycles. The Bertz CT molecular complexity index is 896. The maximum atomic E-state index is 13.0. The van der Waals surface area contributed by atoms with E-state index in [1.807, 2.05) is 25.1 Å². The number of piperidine rings is 1. The van der Waals surface area contributed by atoms with Crippen molar-refractivity contribution in [1.29, 1.82) is 0 Å². The lowest BCUT2D eigenvalue weighted by molar-refractivity contribution is -0.135. The van der Waals surface area contributed by atoms with Crippen LogP contribution in [0.1, 0.15) is 49.9 Å². The first-order chi connectivity index (χ1) is 13.7. The summed E-state index contributed by atoms with van der Waals surface area (Å²) in [5.41, 5.74) is 3.48. The molecular weight excluding hydrogens is 348 g/mol. The van der Waals surface area contributed by atoms with E-state index in [0.29, 0.717) is 13.0 Å². The number of ether oxygens (including phenoxy) is 1. The van der Waals surface area contributed by atoms with Crippen molar-refractivity contribution in [3.63, 3.8) is 0 Å². The highest BCUT2D eigenvalue weighted by Gasteiger charge is 2.28. The summed E-state index contributed by atoms with van der Waals surface area (Å²) in [5, 5.41) is 1.21. The van der Waals surface area contributed by atoms with E-state index in [0.717, 1.165) is 42.8 Å². The molecule has 2 heterocycles. The van der Waals surface area contributed by atoms with Crippen molar-refractivity contribution in [3.05, 3.63) is 65.9 Å². The maximum Gasteiger partial charge on any atom is 0.223 e. The SMILES string of the molecule is CCOc1ccc(CCC(=O)N2CCCC[C@@H]2c2cc3ccccc3[nH]2)cc1. The van der Waals surface area contributed by atoms with Gasteiger partial charge < -0.3 is 14.6 Å². The van der Waals surface area contributed by atoms with Gasteiger partial charge in [-0.3, -0.25) is 4.79 Å². The molecule has 0 spiro atoms. The Balaban J connectivity index is 1.44. The number of H-pyrrole nitrogens is 1. The second kappa shape index (κ2) is 8.51. The lowest BCUT2D eigenvalue weighted by Gasteiger charge is -2.35. The predicted molar refractivity (Wildman–Crippen MR) is 113 cm³/mol. The molecule has 1 aliphatic rings. The number of nitrogens with zero attached hydrogens (tertiary/aromatic N) is 1. The summed E-state index contributed by atoms with van der Waals surface area (Å²) >= 11 is 0. The standard InChI is InChI=1S/C24H28N2O2/c1-2-28-20-13-10-18(11-14-20)12-15-24(27)26-16-6-5-9-23(26)22-17-19-7-3-4-8-21(19)25-22/h3-4,7-8,10-11,13-14,17,23,25H,2,5-6,9,12,15-16H2,1H3/t23-/m1/s1. The summed E-state index contributed by atoms with van der Waals surface area (Å²) in [5.74, 6) is 1.13. The minimum atomic E-state index is 0.161. The number of fused-ring (bicyclic) bond motifs is 1. The Kier molecular flexibility index (Phi) is 5.65. The summed E-state index contributed by atoms with van der Waals surface area (Å²) in [6.07, 6.45) is 4.60. The second-order valence-electron chi connectivity index (χ2n) is 7.49. The number of aromatic nitrogens is 1. The van der Waals surface area contributed by atoms with Gasteiger partial charge in [0.1, 0.15) is 5.75 Å². The van der Waals surface area contributed by atoms with Gasteiger partial charge in [0.25, 0.3) is 0 Å². The fourth-order valence-corrected chi connectivity index (χ4v) is 4.14. The van der Waals surface area contributed by atoms with E-state index < -0.39 is 0 Å². The van der Waals surface area contributed by atoms with Crippen molar-refractivity contribution < 1.29 is 9.53 Å². The number of amides is 1. The van der Waals surface area contributed by atoms with Crippen molar-refractivity contribution in [1.82, 2.24) is 9.88 Å². The Labute approximate surface area is 166 Å². The van der Waals surface area contributed by atoms with Crippen molar-refractivity contribution in [2.75, 3.05) is 13.2 Å². The van der Waals surface area contributed by atoms with Gasteiger partial charge in [0.15, 0.2) is 0 Å². The van der Waals surface area contributed by atoms with E-state index in [1.165, 1.54) is 17.4 Å². The van der Waals surface area contributed by atoms with Crippen LogP contribution in [0.5, 0.6) is 5.75 Å². The molecule has 4 heteroatoms. The summed E-state index contributed by atoms with van der Waals surface area (Å²) in [7, 11) is 0. The molecule has 2 aromatic carbocycles. The summed E-state index contributed by atoms with van der Waals surface area (Å²) < 4.78 is 5.49. The van der Waals surface area contributed by atoms with Crippen LogP contribution in [0, 0.1) is 0 Å². The topological polar surface area (TPSA) is 45.3 Å². The number of nitrogens with one attached hydrogen (secondary N) is 1. The molecule has 146 valence electrons. The Morgan fingerprint density at radius 3 is 2.75 bits per heavy atom. The fourth-order valence-electron chi connectivity index (χ4n) is 4.14. The van der Waals surface area contributed by atoms with Crippen LogP contribution >= 0.6 is 0 Å². The Morgan fingerprint density at radius 2 is 1.96 bits per heavy atom. The third-order valence-corrected chi connectivity index (χ3v) is 5.59. The highest BCUT2D eigenvalue weighted by molar-refractivity contribution is 5.81. The van der Waals surface area contributed by atoms with E-state index in [9.17, 15) is 4.79 Å². The average molecular weight is 376 g/mol. The van der Waals surface area contributed by atoms with Gasteiger partial charge in [-0.25, -0.2) is 0 Å². The van der Waals surface area contributed by atoms with E-state index in [-0.39, 0.29) is 11.9 Å². The molecule has 1 atom stereocenters. The molecule has 3 aromatic rings. The molecule has 1 aliphatic heterocycles. The molecular formula is C24H28N2O2. The molecule has 0 radical (unpaired) electrons. The van der Waals surface area contributed by atoms with E-state index >= 15 is 0 Å². The molecule has 1 amide bonds. The highest BCUT2D eigenvalue weighted by Crippen LogP contribution is 2.33. The normalized spacial score (nSPS) is 17.0. The minimum Gasteiger partial charge on any atom is -0.494 e. The van der Waals surface area contributed by atoms with Gasteiger partial charge in [0.05, 0.1) is 12.6 Å². The predicted octanol–water partition coefficient (Wildman–Crippen LogP) is 5.25. The first-order valence-electron chi connectivity index (χ1n) is 10.3. The molecule has 0 bridgehead atoms. The third kappa shape index (κ3) is 4.06. The molecule has 28 heavy (non-hydrogen) atoms. The van der Waals surface area contributed by atoms with Crippen LogP contribution in [0.25, 0.3) is 10.9 Å². The molecule has 1 fully saturated rings. The van der Waals surface area contributed by atoms with Gasteiger partial charge in [-0.15, -0.1) is 0 Å². The molecule has 4 nitrogen and oxygen atoms in total. The van der Waals surface area contributed by atoms with Gasteiger partial charge in [0.2, 0.25) is 5.91 Å². The van der Waals surface area contributed by atoms with E-state index in [4.69, 9.17) is 4.74 Å². The van der Waals surface area contributed by atoms with Gasteiger partial charge in [-0.1, -0.05) is 30.3 Å². The van der Waals surface area contributed by atoms with Crippen molar-refractivity contribution in [2.24, 2.45) is 0 Å². The van der Waals surface area contributed by atoms with Crippen LogP contribution in [0.2, 0.25) is 0 Å². The number of rotatable bonds is 6. The van der Waals surface area contributed by atoms with Gasteiger partial charge >= 0.3 is 0 Å². The second-order valence-corrected chi connectivity index (χ2v) is 7.49. The van der Waals surface area contributed by atoms with Crippen LogP contribution in [0.4, 0.5) is 0 Å². The molecule has 0 saturated carbocycles. The zero-order valence-electron chi connectivity index (χ0n) is 16.5. The van der Waals surface area contributed by atoms with Crippen LogP contribution in [0.15, 0.2) is 54.6 Å². The van der Waals surface area contributed by atoms with Crippen molar-refractivity contribution in [2.45, 2.75) is 45.1 Å². The lowest BCUT2D eigenvalue weighted by atomic mass is 9.98. The van der Waals surface area contributed by atoms with Crippen molar-refractivity contribution in [3.8, 4) is 5.75 Å². The van der Waals surface area contributed by atoms with Crippen LogP contribution in [-0.2, 0) is 11.2 Å². The van der Waals surface area contributed by atoms with E-state index in [1.54, 1.807) is 0 Å². The van der Waals surface area contributed by atoms with Crippen LogP contribution < -0.4 is 4.74 Å². The summed E-state index contributed by atoms with van der Waals surface area (Å²) in [6, 6.07) is 18.8. The lowest BCUT2D eigenvalue weighted by Crippen LogP contribution is -2.38. The number of likely N-dealkylation sites (tertiary alicyclic amines) is 1. The monoisotopic (exact) mass is 376 g/mol. The Morgan fingerprint density at radius 1 is 1.14 bits per heavy atom. The minimum absolute atomic E-state index is 0.161. The number of aryl methyl sites for hydroxylation is 1. The molecule has 4 rings (SSSR count). The quantitative estimate of drug-likeness (QED) is 0.638. The number of para-hydroxylation sites is 1. The molecule has 1 aromatic heterocycles. The van der Waals surface area contributed by atoms with Gasteiger partial charge in [-0.05, 0) is 67.8 Å². The summed E-state index contributed by atoms with van der Waals surface area (Å²) in [6.45, 7) is 3.50. The zero-order valence-corrected chi connectivity index (χ0v) is 16.5. The first-order valence-corrected chi connectivity index (χ1v) is 10.3. The number of carbonyl (C=O) groups excluding carboxylic acids is 1. The van der Waals surface area contributed by atoms with Crippen LogP contribution in [0.3, 0.4) is 0 Å². The maximum absolute atomic E-state index is 13.0. The molecule has 0 unspecified atom stereocenters. The third-order valence-electron chi connectivity index (χ3n) is 5.59. The largest absolute Gasteiger partial charge is 0.494 e. The number of benzene rings is 2. The average Bonchev–Trinajstić information content (AvgIpc) is 3.17. The Hall–Kier alpha value is -2.75. The highest BCUT2D eigenvalue weighted by atomic mass is 16.5. The summed E-state index contributed by atoms with van der Waals surface area (Å²) in [4.78, 5) is 18.6. The van der Waals surface area contributed by atoms with E-state index in [2.05, 4.69) is 46.3 Å². The molecule has 1 saturated heterocycles. The number of aromatic amines is 1. The number of carbonyl (C=O) groups is 1. The smallest absolute Gasteiger partial charge is 0.223 e. The van der Waals surface area contributed by atoms with Crippen LogP contribution in [-0.4, -0.2) is 28.9 Å². The fraction of sp³-hybridized carbons (Fsp3) is 0.375. The molecule has 1 N–H and O–H groups in total. The van der Waals surface area contributed by atoms with Gasteiger partial charge in [-0.2, -0.15) is 0 Å². The zero-order chi connectivity index (χ0) is 19.3. The van der Waals surface area contributed by atoms with Crippen molar-refractivity contribution >= 4 is 16.8 Å². The van der Waals surface area contributed by atoms with Gasteiger partial charge in [0, 0.05) is 24.2 Å². The number of hydrogen-bond donors (Lipinski definition) is 1. The first kappa shape index (κ1) is 18.6.